The first-order valence-electron chi connectivity index (χ1n) is 14.3. The summed E-state index contributed by atoms with van der Waals surface area (Å²) in [6.45, 7) is 8.28. The summed E-state index contributed by atoms with van der Waals surface area (Å²) in [5.41, 5.74) is 11.8. The van der Waals surface area contributed by atoms with E-state index < -0.39 is 0 Å². The van der Waals surface area contributed by atoms with E-state index in [2.05, 4.69) is 48.1 Å². The lowest BCUT2D eigenvalue weighted by Gasteiger charge is -2.27. The van der Waals surface area contributed by atoms with Gasteiger partial charge in [-0.2, -0.15) is 0 Å². The Hall–Kier alpha value is -3.39. The van der Waals surface area contributed by atoms with Crippen molar-refractivity contribution < 1.29 is 9.53 Å². The van der Waals surface area contributed by atoms with E-state index in [1.54, 1.807) is 7.11 Å². The van der Waals surface area contributed by atoms with Gasteiger partial charge in [-0.3, -0.25) is 4.79 Å². The zero-order chi connectivity index (χ0) is 27.2. The molecule has 8 heteroatoms. The molecule has 4 heterocycles. The first-order chi connectivity index (χ1) is 18.6. The molecule has 39 heavy (non-hydrogen) atoms. The molecular formula is C31H38N6O2. The van der Waals surface area contributed by atoms with Gasteiger partial charge >= 0.3 is 0 Å². The second-order valence-corrected chi connectivity index (χ2v) is 12.9. The van der Waals surface area contributed by atoms with Crippen molar-refractivity contribution in [2.45, 2.75) is 70.5 Å². The van der Waals surface area contributed by atoms with Gasteiger partial charge in [0.2, 0.25) is 0 Å². The number of nitrogens with two attached hydrogens (primary N) is 1. The molecule has 3 fully saturated rings. The molecule has 1 aromatic carbocycles. The van der Waals surface area contributed by atoms with Gasteiger partial charge < -0.3 is 24.5 Å². The number of carbonyl (C=O) groups excluding carboxylic acids is 1. The second-order valence-electron chi connectivity index (χ2n) is 12.9. The maximum Gasteiger partial charge on any atom is 0.254 e. The third kappa shape index (κ3) is 3.86. The molecule has 1 amide bonds. The van der Waals surface area contributed by atoms with Crippen LogP contribution in [0.15, 0.2) is 30.3 Å². The summed E-state index contributed by atoms with van der Waals surface area (Å²) in [6.07, 6.45) is 4.60. The Morgan fingerprint density at radius 3 is 2.54 bits per heavy atom. The largest absolute Gasteiger partial charge is 0.494 e. The van der Waals surface area contributed by atoms with Crippen LogP contribution in [0.4, 0.5) is 0 Å². The third-order valence-corrected chi connectivity index (χ3v) is 9.19. The Balaban J connectivity index is 1.35. The van der Waals surface area contributed by atoms with Gasteiger partial charge in [0, 0.05) is 54.3 Å². The monoisotopic (exact) mass is 526 g/mol. The molecule has 2 aliphatic carbocycles. The maximum atomic E-state index is 13.6. The standard InChI is InChI=1S/C31H38N6O2/c1-31(2,3)25-11-9-18-13-23(36(28(18)34-25)15-17-6-7-17)29-33-21-12-20(14-24(39-5)27(21)35(29)4)30(38)37-16-19-8-10-22(37)26(19)32/h9,11-14,17,19,22,26H,6-8,10,15-16,32H2,1-5H3. The molecule has 204 valence electrons. The van der Waals surface area contributed by atoms with Crippen molar-refractivity contribution in [2.75, 3.05) is 13.7 Å². The van der Waals surface area contributed by atoms with Crippen molar-refractivity contribution >= 4 is 28.0 Å². The van der Waals surface area contributed by atoms with Crippen LogP contribution < -0.4 is 10.5 Å². The van der Waals surface area contributed by atoms with Gasteiger partial charge in [0.1, 0.15) is 16.9 Å². The van der Waals surface area contributed by atoms with Crippen LogP contribution in [0.5, 0.6) is 5.75 Å². The first-order valence-corrected chi connectivity index (χ1v) is 14.3. The fourth-order valence-electron chi connectivity index (χ4n) is 6.74. The summed E-state index contributed by atoms with van der Waals surface area (Å²) < 4.78 is 10.3. The summed E-state index contributed by atoms with van der Waals surface area (Å²) in [5.74, 6) is 2.61. The molecule has 2 N–H and O–H groups in total. The van der Waals surface area contributed by atoms with Gasteiger partial charge in [-0.25, -0.2) is 9.97 Å². The second kappa shape index (κ2) is 8.55. The average molecular weight is 527 g/mol. The highest BCUT2D eigenvalue weighted by Gasteiger charge is 2.47. The fourth-order valence-corrected chi connectivity index (χ4v) is 6.74. The van der Waals surface area contributed by atoms with Crippen LogP contribution in [0.2, 0.25) is 0 Å². The van der Waals surface area contributed by atoms with Crippen LogP contribution in [-0.4, -0.2) is 55.6 Å². The smallest absolute Gasteiger partial charge is 0.254 e. The van der Waals surface area contributed by atoms with Crippen LogP contribution in [0.1, 0.15) is 62.5 Å². The van der Waals surface area contributed by atoms with E-state index in [4.69, 9.17) is 20.4 Å². The van der Waals surface area contributed by atoms with Crippen LogP contribution >= 0.6 is 0 Å². The SMILES string of the molecule is COc1cc(C(=O)N2CC3CCC2C3N)cc2nc(-c3cc4ccc(C(C)(C)C)nc4n3CC3CC3)n(C)c12. The van der Waals surface area contributed by atoms with Crippen molar-refractivity contribution in [3.05, 3.63) is 41.6 Å². The lowest BCUT2D eigenvalue weighted by atomic mass is 9.91. The number of carbonyl (C=O) groups is 1. The van der Waals surface area contributed by atoms with Crippen molar-refractivity contribution in [3.63, 3.8) is 0 Å². The summed E-state index contributed by atoms with van der Waals surface area (Å²) >= 11 is 0. The number of aryl methyl sites for hydroxylation is 1. The van der Waals surface area contributed by atoms with E-state index in [0.29, 0.717) is 23.1 Å². The van der Waals surface area contributed by atoms with E-state index in [9.17, 15) is 4.79 Å². The topological polar surface area (TPSA) is 91.2 Å². The highest BCUT2D eigenvalue weighted by molar-refractivity contribution is 6.00. The summed E-state index contributed by atoms with van der Waals surface area (Å²) in [6, 6.07) is 10.5. The number of benzene rings is 1. The quantitative estimate of drug-likeness (QED) is 0.401. The van der Waals surface area contributed by atoms with Crippen molar-refractivity contribution in [2.24, 2.45) is 24.6 Å². The van der Waals surface area contributed by atoms with Crippen molar-refractivity contribution in [1.29, 1.82) is 0 Å². The Labute approximate surface area is 229 Å². The minimum Gasteiger partial charge on any atom is -0.494 e. The predicted octanol–water partition coefficient (Wildman–Crippen LogP) is 4.87. The molecule has 4 aromatic rings. The molecule has 3 unspecified atom stereocenters. The number of nitrogens with zero attached hydrogens (tertiary/aromatic N) is 5. The van der Waals surface area contributed by atoms with E-state index in [-0.39, 0.29) is 23.4 Å². The molecule has 3 atom stereocenters. The number of imidazole rings is 1. The normalized spacial score (nSPS) is 22.9. The number of hydrogen-bond donors (Lipinski definition) is 1. The number of amides is 1. The molecule has 0 spiro atoms. The highest BCUT2D eigenvalue weighted by Crippen LogP contribution is 2.40. The Bertz CT molecular complexity index is 1620. The van der Waals surface area contributed by atoms with E-state index in [1.807, 2.05) is 24.1 Å². The Kier molecular flexibility index (Phi) is 5.40. The number of fused-ring (bicyclic) bond motifs is 4. The van der Waals surface area contributed by atoms with Crippen LogP contribution in [0.3, 0.4) is 0 Å². The third-order valence-electron chi connectivity index (χ3n) is 9.19. The molecule has 3 aliphatic rings. The van der Waals surface area contributed by atoms with E-state index in [0.717, 1.165) is 65.2 Å². The van der Waals surface area contributed by atoms with Crippen molar-refractivity contribution in [1.82, 2.24) is 24.0 Å². The zero-order valence-electron chi connectivity index (χ0n) is 23.6. The van der Waals surface area contributed by atoms with Gasteiger partial charge in [0.05, 0.1) is 18.3 Å². The number of methoxy groups -OCH3 is 1. The number of aromatic nitrogens is 4. The molecule has 3 aromatic heterocycles. The molecular weight excluding hydrogens is 488 g/mol. The van der Waals surface area contributed by atoms with E-state index >= 15 is 0 Å². The number of hydrogen-bond acceptors (Lipinski definition) is 5. The summed E-state index contributed by atoms with van der Waals surface area (Å²) in [5, 5.41) is 1.12. The predicted molar refractivity (Wildman–Crippen MR) is 153 cm³/mol. The Morgan fingerprint density at radius 2 is 1.90 bits per heavy atom. The van der Waals surface area contributed by atoms with Gasteiger partial charge in [0.15, 0.2) is 5.82 Å². The summed E-state index contributed by atoms with van der Waals surface area (Å²) in [7, 11) is 3.69. The van der Waals surface area contributed by atoms with Gasteiger partial charge in [0.25, 0.3) is 5.91 Å². The lowest BCUT2D eigenvalue weighted by molar-refractivity contribution is 0.0700. The molecule has 1 aliphatic heterocycles. The highest BCUT2D eigenvalue weighted by atomic mass is 16.5. The fraction of sp³-hybridized carbons (Fsp3) is 0.516. The van der Waals surface area contributed by atoms with E-state index in [1.165, 1.54) is 12.8 Å². The van der Waals surface area contributed by atoms with Gasteiger partial charge in [-0.1, -0.05) is 20.8 Å². The molecule has 7 rings (SSSR count). The minimum absolute atomic E-state index is 0.0202. The molecule has 1 saturated heterocycles. The molecule has 8 nitrogen and oxygen atoms in total. The first kappa shape index (κ1) is 24.6. The number of ether oxygens (including phenoxy) is 1. The molecule has 2 saturated carbocycles. The number of likely N-dealkylation sites (tertiary alicyclic amines) is 1. The van der Waals surface area contributed by atoms with Gasteiger partial charge in [-0.05, 0) is 67.9 Å². The lowest BCUT2D eigenvalue weighted by Crippen LogP contribution is -2.41. The van der Waals surface area contributed by atoms with Crippen molar-refractivity contribution in [3.8, 4) is 17.3 Å². The summed E-state index contributed by atoms with van der Waals surface area (Å²) in [4.78, 5) is 25.9. The number of rotatable bonds is 5. The zero-order valence-corrected chi connectivity index (χ0v) is 23.6. The molecule has 2 bridgehead atoms. The van der Waals surface area contributed by atoms with Crippen LogP contribution in [-0.2, 0) is 19.0 Å². The van der Waals surface area contributed by atoms with Gasteiger partial charge in [-0.15, -0.1) is 0 Å². The van der Waals surface area contributed by atoms with Crippen LogP contribution in [0.25, 0.3) is 33.6 Å². The average Bonchev–Trinajstić information content (AvgIpc) is 3.31. The Morgan fingerprint density at radius 1 is 1.10 bits per heavy atom. The minimum atomic E-state index is -0.0317. The maximum absolute atomic E-state index is 13.6. The number of pyridine rings is 1. The number of piperidine rings is 1. The van der Waals surface area contributed by atoms with Crippen LogP contribution in [0, 0.1) is 11.8 Å². The molecule has 0 radical (unpaired) electrons.